The quantitative estimate of drug-likeness (QED) is 0.464. The second kappa shape index (κ2) is 29.4. The van der Waals surface area contributed by atoms with Crippen LogP contribution in [-0.4, -0.2) is 25.0 Å². The van der Waals surface area contributed by atoms with E-state index in [1.54, 1.807) is 6.92 Å². The maximum Gasteiger partial charge on any atom is 1.00 e. The van der Waals surface area contributed by atoms with Gasteiger partial charge >= 0.3 is 51.4 Å². The fraction of sp³-hybridized carbons (Fsp3) is 0.900. The van der Waals surface area contributed by atoms with Crippen LogP contribution in [0.1, 0.15) is 41.0 Å². The van der Waals surface area contributed by atoms with Crippen molar-refractivity contribution in [1.82, 2.24) is 4.90 Å². The van der Waals surface area contributed by atoms with E-state index in [1.165, 1.54) is 19.5 Å². The van der Waals surface area contributed by atoms with Crippen LogP contribution in [0.5, 0.6) is 0 Å². The minimum atomic E-state index is 0. The van der Waals surface area contributed by atoms with Crippen LogP contribution in [0.4, 0.5) is 0 Å². The van der Waals surface area contributed by atoms with E-state index in [0.29, 0.717) is 0 Å². The van der Waals surface area contributed by atoms with Crippen molar-refractivity contribution in [3.63, 3.8) is 0 Å². The molecular weight excluding hydrogens is 173 g/mol. The van der Waals surface area contributed by atoms with Crippen molar-refractivity contribution in [3.05, 3.63) is 6.92 Å². The molecule has 0 aliphatic heterocycles. The Morgan fingerprint density at radius 1 is 1.08 bits per heavy atom. The van der Waals surface area contributed by atoms with Gasteiger partial charge in [-0.05, 0) is 26.6 Å². The molecule has 0 aliphatic carbocycles. The molecule has 0 aliphatic rings. The van der Waals surface area contributed by atoms with Gasteiger partial charge in [-0.2, -0.15) is 6.92 Å². The van der Waals surface area contributed by atoms with Crippen molar-refractivity contribution in [2.45, 2.75) is 41.0 Å². The molecule has 0 aromatic carbocycles. The summed E-state index contributed by atoms with van der Waals surface area (Å²) in [6, 6.07) is 0. The van der Waals surface area contributed by atoms with Crippen molar-refractivity contribution < 1.29 is 51.4 Å². The minimum absolute atomic E-state index is 0. The van der Waals surface area contributed by atoms with Gasteiger partial charge in [0.2, 0.25) is 0 Å². The molecule has 12 heavy (non-hydrogen) atoms. The van der Waals surface area contributed by atoms with Gasteiger partial charge in [0.05, 0.1) is 0 Å². The molecule has 0 radical (unpaired) electrons. The Labute approximate surface area is 123 Å². The Kier molecular flexibility index (Phi) is 57.3. The fourth-order valence-electron chi connectivity index (χ4n) is 0.540. The molecule has 0 aromatic heterocycles. The molecule has 0 rings (SSSR count). The molecule has 0 spiro atoms. The summed E-state index contributed by atoms with van der Waals surface area (Å²) in [6.45, 7) is 15.8. The van der Waals surface area contributed by atoms with Crippen LogP contribution in [0.3, 0.4) is 0 Å². The molecule has 0 saturated carbocycles. The summed E-state index contributed by atoms with van der Waals surface area (Å²) in [5.41, 5.74) is 0. The molecule has 2 heteroatoms. The van der Waals surface area contributed by atoms with Crippen LogP contribution in [0.2, 0.25) is 0 Å². The first kappa shape index (κ1) is 23.4. The van der Waals surface area contributed by atoms with Crippen molar-refractivity contribution in [2.75, 3.05) is 20.1 Å². The van der Waals surface area contributed by atoms with E-state index in [2.05, 4.69) is 32.7 Å². The van der Waals surface area contributed by atoms with Crippen LogP contribution in [0.25, 0.3) is 0 Å². The largest absolute Gasteiger partial charge is 1.00 e. The second-order valence-corrected chi connectivity index (χ2v) is 1.90. The van der Waals surface area contributed by atoms with Crippen LogP contribution in [0.15, 0.2) is 0 Å². The SMILES string of the molecule is CC.CCCN(C)CC.[CH2-]C.[K+]. The molecule has 1 nitrogen and oxygen atoms in total. The molecule has 0 aromatic rings. The predicted octanol–water partition coefficient (Wildman–Crippen LogP) is 0.219. The molecule has 0 amide bonds. The van der Waals surface area contributed by atoms with E-state index in [-0.39, 0.29) is 51.4 Å². The van der Waals surface area contributed by atoms with Gasteiger partial charge in [-0.25, -0.2) is 0 Å². The van der Waals surface area contributed by atoms with E-state index >= 15 is 0 Å². The summed E-state index contributed by atoms with van der Waals surface area (Å²) in [7, 11) is 2.14. The third-order valence-corrected chi connectivity index (χ3v) is 1.15. The minimum Gasteiger partial charge on any atom is -0.346 e. The summed E-state index contributed by atoms with van der Waals surface area (Å²) in [5.74, 6) is 0. The summed E-state index contributed by atoms with van der Waals surface area (Å²) in [5, 5.41) is 0. The first-order chi connectivity index (χ1) is 5.31. The standard InChI is InChI=1S/C6H15N.C2H6.C2H5.K/c1-4-6-7(3)5-2;2*1-2;/h4-6H2,1-3H3;1-2H3;1H2,2H3;/q;;-1;+1. The maximum atomic E-state index is 3.25. The predicted molar refractivity (Wildman–Crippen MR) is 55.8 cm³/mol. The van der Waals surface area contributed by atoms with Gasteiger partial charge in [0.1, 0.15) is 0 Å². The maximum absolute atomic E-state index is 3.25. The van der Waals surface area contributed by atoms with E-state index < -0.39 is 0 Å². The fourth-order valence-corrected chi connectivity index (χ4v) is 0.540. The van der Waals surface area contributed by atoms with E-state index in [9.17, 15) is 0 Å². The van der Waals surface area contributed by atoms with Gasteiger partial charge in [0.15, 0.2) is 0 Å². The summed E-state index contributed by atoms with van der Waals surface area (Å²) in [6.07, 6.45) is 1.27. The topological polar surface area (TPSA) is 3.24 Å². The Balaban J connectivity index is -0.0000000560. The normalized spacial score (nSPS) is 7.00. The number of nitrogens with zero attached hydrogens (tertiary/aromatic N) is 1. The van der Waals surface area contributed by atoms with Crippen molar-refractivity contribution in [2.24, 2.45) is 0 Å². The van der Waals surface area contributed by atoms with Crippen LogP contribution in [-0.2, 0) is 0 Å². The molecule has 0 unspecified atom stereocenters. The Bertz CT molecular complexity index is 40.8. The molecule has 0 bridgehead atoms. The molecular formula is C10H26KN. The first-order valence-corrected chi connectivity index (χ1v) is 4.70. The average Bonchev–Trinajstić information content (AvgIpc) is 2.12. The van der Waals surface area contributed by atoms with Gasteiger partial charge in [-0.1, -0.05) is 27.7 Å². The van der Waals surface area contributed by atoms with E-state index in [1.807, 2.05) is 13.8 Å². The summed E-state index contributed by atoms with van der Waals surface area (Å²) >= 11 is 0. The average molecular weight is 199 g/mol. The molecule has 0 heterocycles. The van der Waals surface area contributed by atoms with Crippen LogP contribution in [0, 0.1) is 6.92 Å². The summed E-state index contributed by atoms with van der Waals surface area (Å²) < 4.78 is 0. The monoisotopic (exact) mass is 199 g/mol. The van der Waals surface area contributed by atoms with E-state index in [0.717, 1.165) is 0 Å². The molecule has 0 N–H and O–H groups in total. The smallest absolute Gasteiger partial charge is 0.346 e. The zero-order valence-electron chi connectivity index (χ0n) is 10.3. The third-order valence-electron chi connectivity index (χ3n) is 1.15. The number of rotatable bonds is 3. The van der Waals surface area contributed by atoms with Gasteiger partial charge in [-0.15, -0.1) is 0 Å². The Morgan fingerprint density at radius 3 is 1.50 bits per heavy atom. The molecule has 0 atom stereocenters. The number of hydrogen-bond acceptors (Lipinski definition) is 1. The van der Waals surface area contributed by atoms with Gasteiger partial charge in [0.25, 0.3) is 0 Å². The van der Waals surface area contributed by atoms with Crippen molar-refractivity contribution >= 4 is 0 Å². The second-order valence-electron chi connectivity index (χ2n) is 1.90. The summed E-state index contributed by atoms with van der Waals surface area (Å²) in [4.78, 5) is 2.31. The van der Waals surface area contributed by atoms with Crippen molar-refractivity contribution in [1.29, 1.82) is 0 Å². The first-order valence-electron chi connectivity index (χ1n) is 4.70. The van der Waals surface area contributed by atoms with Crippen LogP contribution >= 0.6 is 0 Å². The van der Waals surface area contributed by atoms with Gasteiger partial charge < -0.3 is 11.8 Å². The third kappa shape index (κ3) is 29.9. The zero-order chi connectivity index (χ0) is 9.70. The van der Waals surface area contributed by atoms with Crippen LogP contribution < -0.4 is 51.4 Å². The van der Waals surface area contributed by atoms with Gasteiger partial charge in [0, 0.05) is 0 Å². The van der Waals surface area contributed by atoms with Gasteiger partial charge in [-0.3, -0.25) is 0 Å². The molecule has 0 saturated heterocycles. The number of hydrogen-bond donors (Lipinski definition) is 0. The Morgan fingerprint density at radius 2 is 1.42 bits per heavy atom. The van der Waals surface area contributed by atoms with Crippen molar-refractivity contribution in [3.8, 4) is 0 Å². The Hall–Kier alpha value is 1.60. The zero-order valence-corrected chi connectivity index (χ0v) is 13.4. The van der Waals surface area contributed by atoms with E-state index in [4.69, 9.17) is 0 Å². The molecule has 72 valence electrons. The molecule has 0 fully saturated rings.